The number of nitrogens with zero attached hydrogens (tertiary/aromatic N) is 2. The van der Waals surface area contributed by atoms with Gasteiger partial charge in [0, 0.05) is 32.8 Å². The van der Waals surface area contributed by atoms with E-state index in [1.54, 1.807) is 7.11 Å². The van der Waals surface area contributed by atoms with Gasteiger partial charge in [0.15, 0.2) is 0 Å². The zero-order chi connectivity index (χ0) is 12.4. The average molecular weight is 241 g/mol. The van der Waals surface area contributed by atoms with Crippen LogP contribution < -0.4 is 5.32 Å². The van der Waals surface area contributed by atoms with Crippen LogP contribution >= 0.6 is 0 Å². The molecule has 0 bridgehead atoms. The molecule has 0 spiro atoms. The minimum atomic E-state index is -0.0409. The summed E-state index contributed by atoms with van der Waals surface area (Å²) in [6, 6.07) is 0.472. The summed E-state index contributed by atoms with van der Waals surface area (Å²) in [5.74, 6) is 0.244. The number of methoxy groups -OCH3 is 1. The Bertz CT molecular complexity index is 283. The van der Waals surface area contributed by atoms with Gasteiger partial charge in [0.05, 0.1) is 12.1 Å². The van der Waals surface area contributed by atoms with Crippen LogP contribution in [0.5, 0.6) is 0 Å². The Morgan fingerprint density at radius 3 is 2.76 bits per heavy atom. The lowest BCUT2D eigenvalue weighted by molar-refractivity contribution is -0.132. The first-order valence-electron chi connectivity index (χ1n) is 6.33. The lowest BCUT2D eigenvalue weighted by Gasteiger charge is -2.22. The van der Waals surface area contributed by atoms with Crippen molar-refractivity contribution in [3.05, 3.63) is 0 Å². The molecule has 2 saturated heterocycles. The topological polar surface area (TPSA) is 44.8 Å². The van der Waals surface area contributed by atoms with Gasteiger partial charge >= 0.3 is 0 Å². The summed E-state index contributed by atoms with van der Waals surface area (Å²) < 4.78 is 5.27. The SMILES string of the molecule is COC1CNC(C(=O)N2CCC(N(C)C)C2)C1. The van der Waals surface area contributed by atoms with Crippen molar-refractivity contribution in [2.24, 2.45) is 0 Å². The number of carbonyl (C=O) groups excluding carboxylic acids is 1. The standard InChI is InChI=1S/C12H23N3O2/c1-14(2)9-4-5-15(8-9)12(16)11-6-10(17-3)7-13-11/h9-11,13H,4-8H2,1-3H3. The van der Waals surface area contributed by atoms with Gasteiger partial charge < -0.3 is 19.9 Å². The normalized spacial score (nSPS) is 33.6. The van der Waals surface area contributed by atoms with Crippen molar-refractivity contribution in [1.29, 1.82) is 0 Å². The maximum Gasteiger partial charge on any atom is 0.239 e. The van der Waals surface area contributed by atoms with Crippen molar-refractivity contribution < 1.29 is 9.53 Å². The van der Waals surface area contributed by atoms with Crippen molar-refractivity contribution >= 4 is 5.91 Å². The summed E-state index contributed by atoms with van der Waals surface area (Å²) >= 11 is 0. The van der Waals surface area contributed by atoms with Gasteiger partial charge in [-0.15, -0.1) is 0 Å². The number of hydrogen-bond donors (Lipinski definition) is 1. The number of likely N-dealkylation sites (tertiary alicyclic amines) is 1. The third kappa shape index (κ3) is 2.78. The van der Waals surface area contributed by atoms with E-state index in [9.17, 15) is 4.79 Å². The molecule has 2 heterocycles. The van der Waals surface area contributed by atoms with E-state index in [4.69, 9.17) is 4.74 Å². The summed E-state index contributed by atoms with van der Waals surface area (Å²) in [7, 11) is 5.86. The second-order valence-corrected chi connectivity index (χ2v) is 5.24. The van der Waals surface area contributed by atoms with Crippen LogP contribution in [0, 0.1) is 0 Å². The molecule has 0 aromatic heterocycles. The van der Waals surface area contributed by atoms with E-state index >= 15 is 0 Å². The highest BCUT2D eigenvalue weighted by Crippen LogP contribution is 2.18. The first-order chi connectivity index (χ1) is 8.11. The van der Waals surface area contributed by atoms with Gasteiger partial charge in [-0.2, -0.15) is 0 Å². The molecule has 2 rings (SSSR count). The Morgan fingerprint density at radius 1 is 1.47 bits per heavy atom. The highest BCUT2D eigenvalue weighted by atomic mass is 16.5. The molecule has 1 N–H and O–H groups in total. The molecule has 0 aromatic rings. The van der Waals surface area contributed by atoms with Gasteiger partial charge in [-0.3, -0.25) is 4.79 Å². The van der Waals surface area contributed by atoms with Crippen LogP contribution in [0.25, 0.3) is 0 Å². The fourth-order valence-electron chi connectivity index (χ4n) is 2.65. The number of nitrogens with one attached hydrogen (secondary N) is 1. The third-order valence-corrected chi connectivity index (χ3v) is 3.93. The number of carbonyl (C=O) groups is 1. The predicted molar refractivity (Wildman–Crippen MR) is 65.9 cm³/mol. The van der Waals surface area contributed by atoms with Crippen LogP contribution in [0.2, 0.25) is 0 Å². The Hall–Kier alpha value is -0.650. The second kappa shape index (κ2) is 5.33. The van der Waals surface area contributed by atoms with E-state index < -0.39 is 0 Å². The largest absolute Gasteiger partial charge is 0.380 e. The van der Waals surface area contributed by atoms with Crippen molar-refractivity contribution in [1.82, 2.24) is 15.1 Å². The van der Waals surface area contributed by atoms with E-state index in [1.807, 2.05) is 4.90 Å². The van der Waals surface area contributed by atoms with Crippen molar-refractivity contribution in [3.63, 3.8) is 0 Å². The second-order valence-electron chi connectivity index (χ2n) is 5.24. The summed E-state index contributed by atoms with van der Waals surface area (Å²) in [5.41, 5.74) is 0. The Labute approximate surface area is 103 Å². The number of rotatable bonds is 3. The van der Waals surface area contributed by atoms with Gasteiger partial charge in [0.25, 0.3) is 0 Å². The molecule has 1 amide bonds. The molecule has 3 atom stereocenters. The molecule has 0 aliphatic carbocycles. The van der Waals surface area contributed by atoms with E-state index in [0.29, 0.717) is 6.04 Å². The van der Waals surface area contributed by atoms with E-state index in [0.717, 1.165) is 32.5 Å². The molecular formula is C12H23N3O2. The fourth-order valence-corrected chi connectivity index (χ4v) is 2.65. The first-order valence-corrected chi connectivity index (χ1v) is 6.33. The van der Waals surface area contributed by atoms with Crippen LogP contribution in [0.1, 0.15) is 12.8 Å². The van der Waals surface area contributed by atoms with Crippen molar-refractivity contribution in [2.75, 3.05) is 40.8 Å². The summed E-state index contributed by atoms with van der Waals surface area (Å²) in [6.45, 7) is 2.54. The molecule has 2 fully saturated rings. The lowest BCUT2D eigenvalue weighted by atomic mass is 10.2. The monoisotopic (exact) mass is 241 g/mol. The molecule has 5 heteroatoms. The Balaban J connectivity index is 1.85. The lowest BCUT2D eigenvalue weighted by Crippen LogP contribution is -2.43. The van der Waals surface area contributed by atoms with Crippen LogP contribution in [0.15, 0.2) is 0 Å². The van der Waals surface area contributed by atoms with Gasteiger partial charge in [0.1, 0.15) is 0 Å². The molecule has 3 unspecified atom stereocenters. The highest BCUT2D eigenvalue weighted by Gasteiger charge is 2.35. The summed E-state index contributed by atoms with van der Waals surface area (Å²) in [5, 5.41) is 3.25. The molecule has 17 heavy (non-hydrogen) atoms. The van der Waals surface area contributed by atoms with Crippen LogP contribution in [-0.2, 0) is 9.53 Å². The van der Waals surface area contributed by atoms with Gasteiger partial charge in [-0.25, -0.2) is 0 Å². The van der Waals surface area contributed by atoms with Crippen LogP contribution in [-0.4, -0.2) is 74.7 Å². The number of amides is 1. The van der Waals surface area contributed by atoms with Crippen LogP contribution in [0.4, 0.5) is 0 Å². The van der Waals surface area contributed by atoms with Gasteiger partial charge in [-0.1, -0.05) is 0 Å². The average Bonchev–Trinajstić information content (AvgIpc) is 2.97. The summed E-state index contributed by atoms with van der Waals surface area (Å²) in [4.78, 5) is 16.5. The Morgan fingerprint density at radius 2 is 2.24 bits per heavy atom. The maximum atomic E-state index is 12.3. The summed E-state index contributed by atoms with van der Waals surface area (Å²) in [6.07, 6.45) is 2.08. The number of hydrogen-bond acceptors (Lipinski definition) is 4. The minimum absolute atomic E-state index is 0.0409. The number of ether oxygens (including phenoxy) is 1. The van der Waals surface area contributed by atoms with Gasteiger partial charge in [-0.05, 0) is 26.9 Å². The predicted octanol–water partition coefficient (Wildman–Crippen LogP) is -0.474. The zero-order valence-electron chi connectivity index (χ0n) is 11.0. The number of likely N-dealkylation sites (N-methyl/N-ethyl adjacent to an activating group) is 1. The molecule has 2 aliphatic heterocycles. The molecule has 0 aromatic carbocycles. The van der Waals surface area contributed by atoms with Crippen LogP contribution in [0.3, 0.4) is 0 Å². The van der Waals surface area contributed by atoms with Crippen molar-refractivity contribution in [3.8, 4) is 0 Å². The van der Waals surface area contributed by atoms with E-state index in [-0.39, 0.29) is 18.1 Å². The zero-order valence-corrected chi connectivity index (χ0v) is 11.0. The molecule has 98 valence electrons. The van der Waals surface area contributed by atoms with Crippen molar-refractivity contribution in [2.45, 2.75) is 31.0 Å². The molecule has 2 aliphatic rings. The maximum absolute atomic E-state index is 12.3. The smallest absolute Gasteiger partial charge is 0.239 e. The van der Waals surface area contributed by atoms with Gasteiger partial charge in [0.2, 0.25) is 5.91 Å². The fraction of sp³-hybridized carbons (Fsp3) is 0.917. The van der Waals surface area contributed by atoms with E-state index in [2.05, 4.69) is 24.3 Å². The molecule has 0 radical (unpaired) electrons. The molecular weight excluding hydrogens is 218 g/mol. The highest BCUT2D eigenvalue weighted by molar-refractivity contribution is 5.82. The Kier molecular flexibility index (Phi) is 4.01. The van der Waals surface area contributed by atoms with E-state index in [1.165, 1.54) is 0 Å². The first kappa shape index (κ1) is 12.8. The minimum Gasteiger partial charge on any atom is -0.380 e. The quantitative estimate of drug-likeness (QED) is 0.725. The molecule has 0 saturated carbocycles. The molecule has 5 nitrogen and oxygen atoms in total. The third-order valence-electron chi connectivity index (χ3n) is 3.93.